The first-order chi connectivity index (χ1) is 12.4. The molecular weight excluding hydrogens is 484 g/mol. The van der Waals surface area contributed by atoms with Gasteiger partial charge >= 0.3 is 0 Å². The second kappa shape index (κ2) is 11.8. The van der Waals surface area contributed by atoms with Crippen LogP contribution in [0, 0.1) is 11.7 Å². The molecule has 1 saturated carbocycles. The fraction of sp³-hybridized carbons (Fsp3) is 0.611. The van der Waals surface area contributed by atoms with Gasteiger partial charge in [-0.15, -0.1) is 24.0 Å². The smallest absolute Gasteiger partial charge is 0.193 e. The molecule has 0 bridgehead atoms. The van der Waals surface area contributed by atoms with Gasteiger partial charge in [0.25, 0.3) is 0 Å². The van der Waals surface area contributed by atoms with E-state index in [9.17, 15) is 12.8 Å². The lowest BCUT2D eigenvalue weighted by Crippen LogP contribution is -2.41. The van der Waals surface area contributed by atoms with Crippen molar-refractivity contribution in [1.82, 2.24) is 10.2 Å². The molecule has 0 aliphatic heterocycles. The quantitative estimate of drug-likeness (QED) is 0.226. The van der Waals surface area contributed by atoms with Crippen LogP contribution in [0.25, 0.3) is 0 Å². The summed E-state index contributed by atoms with van der Waals surface area (Å²) in [4.78, 5) is 5.99. The Labute approximate surface area is 178 Å². The van der Waals surface area contributed by atoms with E-state index in [0.29, 0.717) is 25.7 Å². The van der Waals surface area contributed by atoms with Gasteiger partial charge in [0.1, 0.15) is 10.7 Å². The molecule has 1 N–H and O–H groups in total. The molecule has 1 aromatic carbocycles. The van der Waals surface area contributed by atoms with E-state index in [1.165, 1.54) is 31.0 Å². The molecule has 154 valence electrons. The van der Waals surface area contributed by atoms with E-state index < -0.39 is 15.7 Å². The van der Waals surface area contributed by atoms with Gasteiger partial charge in [0.05, 0.1) is 18.9 Å². The fourth-order valence-corrected chi connectivity index (χ4v) is 3.59. The van der Waals surface area contributed by atoms with Crippen LogP contribution in [0.3, 0.4) is 0 Å². The maximum Gasteiger partial charge on any atom is 0.193 e. The Morgan fingerprint density at radius 3 is 2.70 bits per heavy atom. The number of hydrogen-bond donors (Lipinski definition) is 1. The molecule has 0 aromatic heterocycles. The van der Waals surface area contributed by atoms with Crippen LogP contribution >= 0.6 is 24.0 Å². The molecule has 1 fully saturated rings. The molecule has 0 radical (unpaired) electrons. The van der Waals surface area contributed by atoms with Gasteiger partial charge in [-0.05, 0) is 37.8 Å². The lowest BCUT2D eigenvalue weighted by Gasteiger charge is -2.22. The third-order valence-electron chi connectivity index (χ3n) is 4.11. The Kier molecular flexibility index (Phi) is 10.5. The normalized spacial score (nSPS) is 14.6. The van der Waals surface area contributed by atoms with E-state index in [1.54, 1.807) is 0 Å². The van der Waals surface area contributed by atoms with Crippen molar-refractivity contribution < 1.29 is 17.5 Å². The first kappa shape index (κ1) is 24.1. The highest BCUT2D eigenvalue weighted by Crippen LogP contribution is 2.28. The Balaban J connectivity index is 0.00000364. The minimum absolute atomic E-state index is 0. The van der Waals surface area contributed by atoms with Crippen molar-refractivity contribution in [3.63, 3.8) is 0 Å². The second-order valence-electron chi connectivity index (χ2n) is 6.42. The van der Waals surface area contributed by atoms with Crippen molar-refractivity contribution in [2.24, 2.45) is 10.9 Å². The number of sulfone groups is 1. The number of halogens is 2. The molecule has 0 spiro atoms. The number of benzene rings is 1. The first-order valence-corrected chi connectivity index (χ1v) is 10.6. The molecule has 0 atom stereocenters. The molecule has 6 nitrogen and oxygen atoms in total. The molecule has 1 aliphatic rings. The lowest BCUT2D eigenvalue weighted by molar-refractivity contribution is 0.115. The SMILES string of the molecule is CCNC(=NCCS(=O)(=O)c1ccccc1F)N(C)CCOCC1CC1.I. The second-order valence-corrected chi connectivity index (χ2v) is 8.50. The summed E-state index contributed by atoms with van der Waals surface area (Å²) in [5, 5.41) is 3.13. The van der Waals surface area contributed by atoms with Gasteiger partial charge in [-0.3, -0.25) is 4.99 Å². The van der Waals surface area contributed by atoms with Crippen molar-refractivity contribution in [2.75, 3.05) is 45.6 Å². The van der Waals surface area contributed by atoms with E-state index in [0.717, 1.165) is 18.6 Å². The van der Waals surface area contributed by atoms with Crippen molar-refractivity contribution in [1.29, 1.82) is 0 Å². The van der Waals surface area contributed by atoms with Gasteiger partial charge in [-0.1, -0.05) is 12.1 Å². The molecule has 0 saturated heterocycles. The topological polar surface area (TPSA) is 71.0 Å². The summed E-state index contributed by atoms with van der Waals surface area (Å²) in [6.07, 6.45) is 2.52. The largest absolute Gasteiger partial charge is 0.379 e. The number of likely N-dealkylation sites (N-methyl/N-ethyl adjacent to an activating group) is 1. The highest BCUT2D eigenvalue weighted by Gasteiger charge is 2.21. The zero-order valence-corrected chi connectivity index (χ0v) is 19.0. The van der Waals surface area contributed by atoms with Crippen LogP contribution < -0.4 is 5.32 Å². The average Bonchev–Trinajstić information content (AvgIpc) is 3.42. The van der Waals surface area contributed by atoms with Crippen molar-refractivity contribution in [3.8, 4) is 0 Å². The molecule has 9 heteroatoms. The van der Waals surface area contributed by atoms with E-state index in [2.05, 4.69) is 10.3 Å². The molecule has 2 rings (SSSR count). The fourth-order valence-electron chi connectivity index (χ4n) is 2.39. The highest BCUT2D eigenvalue weighted by molar-refractivity contribution is 14.0. The molecule has 0 amide bonds. The van der Waals surface area contributed by atoms with Gasteiger partial charge in [-0.2, -0.15) is 0 Å². The monoisotopic (exact) mass is 513 g/mol. The Morgan fingerprint density at radius 2 is 2.07 bits per heavy atom. The van der Waals surface area contributed by atoms with E-state index >= 15 is 0 Å². The average molecular weight is 513 g/mol. The molecule has 27 heavy (non-hydrogen) atoms. The molecule has 0 heterocycles. The summed E-state index contributed by atoms with van der Waals surface area (Å²) < 4.78 is 43.9. The van der Waals surface area contributed by atoms with Gasteiger partial charge in [0, 0.05) is 26.7 Å². The Bertz CT molecular complexity index is 712. The van der Waals surface area contributed by atoms with Crippen LogP contribution in [0.1, 0.15) is 19.8 Å². The van der Waals surface area contributed by atoms with Crippen LogP contribution in [0.5, 0.6) is 0 Å². The highest BCUT2D eigenvalue weighted by atomic mass is 127. The predicted molar refractivity (Wildman–Crippen MR) is 116 cm³/mol. The summed E-state index contributed by atoms with van der Waals surface area (Å²) in [7, 11) is -1.82. The summed E-state index contributed by atoms with van der Waals surface area (Å²) >= 11 is 0. The molecule has 0 unspecified atom stereocenters. The van der Waals surface area contributed by atoms with Crippen LogP contribution in [-0.4, -0.2) is 64.9 Å². The Hall–Kier alpha value is -0.940. The summed E-state index contributed by atoms with van der Waals surface area (Å²) in [5.41, 5.74) is 0. The number of ether oxygens (including phenoxy) is 1. The minimum atomic E-state index is -3.70. The maximum absolute atomic E-state index is 13.7. The van der Waals surface area contributed by atoms with Gasteiger partial charge in [0.2, 0.25) is 0 Å². The predicted octanol–water partition coefficient (Wildman–Crippen LogP) is 2.54. The number of hydrogen-bond acceptors (Lipinski definition) is 4. The van der Waals surface area contributed by atoms with Crippen molar-refractivity contribution in [2.45, 2.75) is 24.7 Å². The molecule has 1 aromatic rings. The van der Waals surface area contributed by atoms with Crippen LogP contribution in [0.4, 0.5) is 4.39 Å². The first-order valence-electron chi connectivity index (χ1n) is 8.98. The molecular formula is C18H29FIN3O3S. The summed E-state index contributed by atoms with van der Waals surface area (Å²) in [6.45, 7) is 4.76. The zero-order chi connectivity index (χ0) is 19.0. The summed E-state index contributed by atoms with van der Waals surface area (Å²) in [6, 6.07) is 5.41. The zero-order valence-electron chi connectivity index (χ0n) is 15.9. The molecule has 1 aliphatic carbocycles. The van der Waals surface area contributed by atoms with Gasteiger partial charge in [0.15, 0.2) is 15.8 Å². The maximum atomic E-state index is 13.7. The number of rotatable bonds is 10. The Morgan fingerprint density at radius 1 is 1.37 bits per heavy atom. The van der Waals surface area contributed by atoms with E-state index in [-0.39, 0.29) is 41.2 Å². The lowest BCUT2D eigenvalue weighted by atomic mass is 10.3. The standard InChI is InChI=1S/C18H28FN3O3S.HI/c1-3-20-18(22(2)11-12-25-14-15-8-9-15)21-10-13-26(23,24)17-7-5-4-6-16(17)19;/h4-7,15H,3,8-14H2,1-2H3,(H,20,21);1H. The van der Waals surface area contributed by atoms with Crippen molar-refractivity contribution >= 4 is 39.8 Å². The van der Waals surface area contributed by atoms with Crippen molar-refractivity contribution in [3.05, 3.63) is 30.1 Å². The van der Waals surface area contributed by atoms with Gasteiger partial charge < -0.3 is 15.0 Å². The van der Waals surface area contributed by atoms with Crippen LogP contribution in [0.15, 0.2) is 34.2 Å². The van der Waals surface area contributed by atoms with Crippen LogP contribution in [-0.2, 0) is 14.6 Å². The number of guanidine groups is 1. The van der Waals surface area contributed by atoms with E-state index in [1.807, 2.05) is 18.9 Å². The third-order valence-corrected chi connectivity index (χ3v) is 5.83. The third kappa shape index (κ3) is 8.30. The minimum Gasteiger partial charge on any atom is -0.379 e. The van der Waals surface area contributed by atoms with Gasteiger partial charge in [-0.25, -0.2) is 12.8 Å². The summed E-state index contributed by atoms with van der Waals surface area (Å²) in [5.74, 6) is 0.375. The van der Waals surface area contributed by atoms with E-state index in [4.69, 9.17) is 4.74 Å². The number of nitrogens with one attached hydrogen (secondary N) is 1. The number of aliphatic imine (C=N–C) groups is 1. The van der Waals surface area contributed by atoms with Crippen LogP contribution in [0.2, 0.25) is 0 Å². The number of nitrogens with zero attached hydrogens (tertiary/aromatic N) is 2.